The Morgan fingerprint density at radius 3 is 2.50 bits per heavy atom. The fourth-order valence-corrected chi connectivity index (χ4v) is 1.91. The average molecular weight is 322 g/mol. The molecule has 7 heteroatoms. The molecule has 1 unspecified atom stereocenters. The Labute approximate surface area is 125 Å². The minimum Gasteiger partial charge on any atom is -0.508 e. The van der Waals surface area contributed by atoms with Crippen LogP contribution in [0.1, 0.15) is 49.4 Å². The summed E-state index contributed by atoms with van der Waals surface area (Å²) in [5, 5.41) is 9.02. The summed E-state index contributed by atoms with van der Waals surface area (Å²) in [6.07, 6.45) is -4.77. The molecular weight excluding hydrogens is 304 g/mol. The van der Waals surface area contributed by atoms with E-state index in [1.54, 1.807) is 0 Å². The SMILES string of the molecule is CCCCCCC(OC(=O)c1ccc(O)cc1F)C(F)(F)F. The smallest absolute Gasteiger partial charge is 0.425 e. The van der Waals surface area contributed by atoms with E-state index >= 15 is 0 Å². The van der Waals surface area contributed by atoms with E-state index in [4.69, 9.17) is 5.11 Å². The molecule has 22 heavy (non-hydrogen) atoms. The maximum absolute atomic E-state index is 13.5. The Kier molecular flexibility index (Phi) is 6.64. The fraction of sp³-hybridized carbons (Fsp3) is 0.533. The maximum Gasteiger partial charge on any atom is 0.425 e. The first-order chi connectivity index (χ1) is 10.3. The normalized spacial score (nSPS) is 13.0. The highest BCUT2D eigenvalue weighted by molar-refractivity contribution is 5.90. The number of hydrogen-bond donors (Lipinski definition) is 1. The highest BCUT2D eigenvalue weighted by Gasteiger charge is 2.42. The van der Waals surface area contributed by atoms with E-state index in [1.807, 2.05) is 6.92 Å². The fourth-order valence-electron chi connectivity index (χ4n) is 1.91. The molecule has 0 heterocycles. The first-order valence-corrected chi connectivity index (χ1v) is 7.02. The van der Waals surface area contributed by atoms with Crippen LogP contribution in [0.2, 0.25) is 0 Å². The van der Waals surface area contributed by atoms with Gasteiger partial charge in [0, 0.05) is 6.07 Å². The van der Waals surface area contributed by atoms with Crippen LogP contribution >= 0.6 is 0 Å². The van der Waals surface area contributed by atoms with Crippen LogP contribution in [0.3, 0.4) is 0 Å². The molecule has 0 spiro atoms. The largest absolute Gasteiger partial charge is 0.508 e. The van der Waals surface area contributed by atoms with Crippen molar-refractivity contribution in [2.75, 3.05) is 0 Å². The van der Waals surface area contributed by atoms with Crippen molar-refractivity contribution in [1.29, 1.82) is 0 Å². The molecular formula is C15H18F4O3. The van der Waals surface area contributed by atoms with Crippen molar-refractivity contribution in [2.45, 2.75) is 51.3 Å². The zero-order valence-electron chi connectivity index (χ0n) is 12.1. The van der Waals surface area contributed by atoms with Gasteiger partial charge in [0.1, 0.15) is 11.6 Å². The number of benzene rings is 1. The number of unbranched alkanes of at least 4 members (excludes halogenated alkanes) is 3. The van der Waals surface area contributed by atoms with Crippen LogP contribution in [0, 0.1) is 5.82 Å². The van der Waals surface area contributed by atoms with Gasteiger partial charge in [-0.3, -0.25) is 0 Å². The van der Waals surface area contributed by atoms with Gasteiger partial charge in [0.15, 0.2) is 6.10 Å². The Balaban J connectivity index is 2.74. The summed E-state index contributed by atoms with van der Waals surface area (Å²) in [6.45, 7) is 1.93. The van der Waals surface area contributed by atoms with Crippen molar-refractivity contribution in [3.8, 4) is 5.75 Å². The van der Waals surface area contributed by atoms with Gasteiger partial charge in [-0.1, -0.05) is 26.2 Å². The van der Waals surface area contributed by atoms with E-state index in [2.05, 4.69) is 4.74 Å². The minimum absolute atomic E-state index is 0.267. The first-order valence-electron chi connectivity index (χ1n) is 7.02. The lowest BCUT2D eigenvalue weighted by atomic mass is 10.1. The zero-order chi connectivity index (χ0) is 16.8. The highest BCUT2D eigenvalue weighted by atomic mass is 19.4. The summed E-state index contributed by atoms with van der Waals surface area (Å²) >= 11 is 0. The number of esters is 1. The Morgan fingerprint density at radius 1 is 1.27 bits per heavy atom. The highest BCUT2D eigenvalue weighted by Crippen LogP contribution is 2.28. The molecule has 0 aliphatic rings. The van der Waals surface area contributed by atoms with E-state index in [0.717, 1.165) is 25.0 Å². The van der Waals surface area contributed by atoms with Gasteiger partial charge < -0.3 is 9.84 Å². The van der Waals surface area contributed by atoms with Gasteiger partial charge >= 0.3 is 12.1 Å². The molecule has 0 aliphatic heterocycles. The second-order valence-electron chi connectivity index (χ2n) is 4.95. The molecule has 0 aromatic heterocycles. The number of rotatable bonds is 7. The van der Waals surface area contributed by atoms with Crippen LogP contribution < -0.4 is 0 Å². The van der Waals surface area contributed by atoms with E-state index < -0.39 is 35.4 Å². The standard InChI is InChI=1S/C15H18F4O3/c1-2-3-4-5-6-13(15(17,18)19)22-14(21)11-8-7-10(20)9-12(11)16/h7-9,13,20H,2-6H2,1H3. The summed E-state index contributed by atoms with van der Waals surface area (Å²) < 4.78 is 56.5. The van der Waals surface area contributed by atoms with Crippen molar-refractivity contribution in [3.63, 3.8) is 0 Å². The van der Waals surface area contributed by atoms with E-state index in [1.165, 1.54) is 0 Å². The topological polar surface area (TPSA) is 46.5 Å². The van der Waals surface area contributed by atoms with Crippen LogP contribution in [0.4, 0.5) is 17.6 Å². The molecule has 0 fully saturated rings. The van der Waals surface area contributed by atoms with Gasteiger partial charge in [-0.05, 0) is 25.0 Å². The summed E-state index contributed by atoms with van der Waals surface area (Å²) in [6, 6.07) is 2.53. The number of aromatic hydroxyl groups is 1. The molecule has 3 nitrogen and oxygen atoms in total. The number of hydrogen-bond acceptors (Lipinski definition) is 3. The second kappa shape index (κ2) is 8.00. The molecule has 0 saturated carbocycles. The van der Waals surface area contributed by atoms with Gasteiger partial charge in [0.2, 0.25) is 0 Å². The summed E-state index contributed by atoms with van der Waals surface area (Å²) in [5.41, 5.74) is -0.638. The molecule has 0 aliphatic carbocycles. The lowest BCUT2D eigenvalue weighted by Gasteiger charge is -2.20. The molecule has 1 atom stereocenters. The van der Waals surface area contributed by atoms with Crippen molar-refractivity contribution in [1.82, 2.24) is 0 Å². The molecule has 0 saturated heterocycles. The summed E-state index contributed by atoms with van der Waals surface area (Å²) in [5.74, 6) is -2.95. The summed E-state index contributed by atoms with van der Waals surface area (Å²) in [7, 11) is 0. The third-order valence-electron chi connectivity index (χ3n) is 3.11. The molecule has 1 aromatic rings. The lowest BCUT2D eigenvalue weighted by Crippen LogP contribution is -2.34. The average Bonchev–Trinajstić information content (AvgIpc) is 2.40. The molecule has 0 amide bonds. The van der Waals surface area contributed by atoms with E-state index in [0.29, 0.717) is 12.5 Å². The number of alkyl halides is 3. The Hall–Kier alpha value is -1.79. The maximum atomic E-state index is 13.5. The molecule has 124 valence electrons. The van der Waals surface area contributed by atoms with E-state index in [-0.39, 0.29) is 12.8 Å². The number of ether oxygens (including phenoxy) is 1. The number of phenolic OH excluding ortho intramolecular Hbond substituents is 1. The third-order valence-corrected chi connectivity index (χ3v) is 3.11. The number of carbonyl (C=O) groups excluding carboxylic acids is 1. The molecule has 1 aromatic carbocycles. The van der Waals surface area contributed by atoms with Crippen molar-refractivity contribution < 1.29 is 32.2 Å². The predicted molar refractivity (Wildman–Crippen MR) is 72.1 cm³/mol. The zero-order valence-corrected chi connectivity index (χ0v) is 12.1. The van der Waals surface area contributed by atoms with Gasteiger partial charge in [-0.2, -0.15) is 13.2 Å². The Morgan fingerprint density at radius 2 is 1.95 bits per heavy atom. The Bertz CT molecular complexity index is 500. The van der Waals surface area contributed by atoms with Crippen molar-refractivity contribution >= 4 is 5.97 Å². The minimum atomic E-state index is -4.70. The number of phenols is 1. The van der Waals surface area contributed by atoms with Crippen LogP contribution in [-0.4, -0.2) is 23.4 Å². The quantitative estimate of drug-likeness (QED) is 0.454. The van der Waals surface area contributed by atoms with Gasteiger partial charge in [-0.15, -0.1) is 0 Å². The van der Waals surface area contributed by atoms with Crippen LogP contribution in [0.15, 0.2) is 18.2 Å². The van der Waals surface area contributed by atoms with Crippen molar-refractivity contribution in [2.24, 2.45) is 0 Å². The van der Waals surface area contributed by atoms with Crippen LogP contribution in [0.5, 0.6) is 5.75 Å². The number of carbonyl (C=O) groups is 1. The van der Waals surface area contributed by atoms with E-state index in [9.17, 15) is 22.4 Å². The third kappa shape index (κ3) is 5.54. The van der Waals surface area contributed by atoms with Crippen LogP contribution in [-0.2, 0) is 4.74 Å². The monoisotopic (exact) mass is 322 g/mol. The first kappa shape index (κ1) is 18.3. The second-order valence-corrected chi connectivity index (χ2v) is 4.95. The molecule has 0 bridgehead atoms. The lowest BCUT2D eigenvalue weighted by molar-refractivity contribution is -0.206. The van der Waals surface area contributed by atoms with Gasteiger partial charge in [0.25, 0.3) is 0 Å². The van der Waals surface area contributed by atoms with Crippen LogP contribution in [0.25, 0.3) is 0 Å². The molecule has 0 radical (unpaired) electrons. The summed E-state index contributed by atoms with van der Waals surface area (Å²) in [4.78, 5) is 11.7. The van der Waals surface area contributed by atoms with Gasteiger partial charge in [0.05, 0.1) is 5.56 Å². The van der Waals surface area contributed by atoms with Gasteiger partial charge in [-0.25, -0.2) is 9.18 Å². The number of halogens is 4. The molecule has 1 N–H and O–H groups in total. The predicted octanol–water partition coefficient (Wildman–Crippen LogP) is 4.59. The molecule has 1 rings (SSSR count). The van der Waals surface area contributed by atoms with Crippen molar-refractivity contribution in [3.05, 3.63) is 29.6 Å².